The first-order valence-corrected chi connectivity index (χ1v) is 10.4. The standard InChI is InChI=1S/C17H15Cl2N3O3S2.ClH/c1-21(2)3-4-22(16(23)9-5-14(18)27-15(9)19)17-20-10-6-11-12(25-8-24-11)7-13(10)26-17;/h5-7H,3-4,8H2,1-2H3;1H. The molecule has 3 aromatic rings. The molecule has 11 heteroatoms. The van der Waals surface area contributed by atoms with Gasteiger partial charge >= 0.3 is 0 Å². The Morgan fingerprint density at radius 2 is 1.86 bits per heavy atom. The van der Waals surface area contributed by atoms with E-state index in [-0.39, 0.29) is 25.1 Å². The normalized spacial score (nSPS) is 12.5. The molecule has 3 heterocycles. The second-order valence-electron chi connectivity index (χ2n) is 6.17. The highest BCUT2D eigenvalue weighted by atomic mass is 35.5. The number of aromatic nitrogens is 1. The molecule has 1 aromatic carbocycles. The van der Waals surface area contributed by atoms with Crippen LogP contribution in [-0.2, 0) is 0 Å². The van der Waals surface area contributed by atoms with Crippen LogP contribution in [0.5, 0.6) is 11.5 Å². The fourth-order valence-electron chi connectivity index (χ4n) is 2.64. The quantitative estimate of drug-likeness (QED) is 0.513. The van der Waals surface area contributed by atoms with Gasteiger partial charge in [-0.05, 0) is 20.2 Å². The monoisotopic (exact) mass is 479 g/mol. The second-order valence-corrected chi connectivity index (χ2v) is 9.46. The average Bonchev–Trinajstić information content (AvgIpc) is 3.30. The molecular formula is C17H16Cl3N3O3S2. The number of rotatable bonds is 5. The van der Waals surface area contributed by atoms with Gasteiger partial charge in [0.25, 0.3) is 5.91 Å². The van der Waals surface area contributed by atoms with Crippen molar-refractivity contribution >= 4 is 79.5 Å². The molecule has 0 spiro atoms. The Labute approximate surface area is 186 Å². The number of likely N-dealkylation sites (N-methyl/N-ethyl adjacent to an activating group) is 1. The first kappa shape index (κ1) is 21.4. The summed E-state index contributed by atoms with van der Waals surface area (Å²) in [7, 11) is 3.91. The molecule has 0 N–H and O–H groups in total. The van der Waals surface area contributed by atoms with Crippen LogP contribution in [0.2, 0.25) is 8.67 Å². The van der Waals surface area contributed by atoms with Gasteiger partial charge < -0.3 is 14.4 Å². The Morgan fingerprint density at radius 1 is 1.14 bits per heavy atom. The maximum absolute atomic E-state index is 13.2. The Morgan fingerprint density at radius 3 is 2.50 bits per heavy atom. The number of carbonyl (C=O) groups is 1. The largest absolute Gasteiger partial charge is 0.454 e. The van der Waals surface area contributed by atoms with Crippen molar-refractivity contribution in [1.82, 2.24) is 9.88 Å². The Bertz CT molecular complexity index is 981. The van der Waals surface area contributed by atoms with Gasteiger partial charge in [0, 0.05) is 25.2 Å². The molecule has 1 aliphatic rings. The number of nitrogens with zero attached hydrogens (tertiary/aromatic N) is 3. The number of anilines is 1. The van der Waals surface area contributed by atoms with E-state index < -0.39 is 0 Å². The van der Waals surface area contributed by atoms with Crippen LogP contribution in [0.4, 0.5) is 5.13 Å². The summed E-state index contributed by atoms with van der Waals surface area (Å²) in [5, 5.41) is 0.596. The van der Waals surface area contributed by atoms with Gasteiger partial charge in [-0.25, -0.2) is 4.98 Å². The van der Waals surface area contributed by atoms with E-state index in [0.717, 1.165) is 10.2 Å². The Balaban J connectivity index is 0.00000225. The zero-order valence-electron chi connectivity index (χ0n) is 14.9. The lowest BCUT2D eigenvalue weighted by Crippen LogP contribution is -2.36. The molecule has 0 bridgehead atoms. The van der Waals surface area contributed by atoms with Crippen LogP contribution in [0.25, 0.3) is 10.2 Å². The van der Waals surface area contributed by atoms with E-state index in [9.17, 15) is 4.79 Å². The molecule has 1 amide bonds. The predicted octanol–water partition coefficient (Wildman–Crippen LogP) is 5.02. The molecule has 150 valence electrons. The smallest absolute Gasteiger partial charge is 0.262 e. The average molecular weight is 481 g/mol. The summed E-state index contributed by atoms with van der Waals surface area (Å²) in [5.41, 5.74) is 1.15. The van der Waals surface area contributed by atoms with Gasteiger partial charge in [0.05, 0.1) is 20.1 Å². The minimum atomic E-state index is -0.218. The number of benzene rings is 1. The fraction of sp³-hybridized carbons (Fsp3) is 0.294. The maximum Gasteiger partial charge on any atom is 0.262 e. The van der Waals surface area contributed by atoms with Gasteiger partial charge in [-0.3, -0.25) is 9.69 Å². The number of thiazole rings is 1. The van der Waals surface area contributed by atoms with Gasteiger partial charge in [0.1, 0.15) is 4.34 Å². The highest BCUT2D eigenvalue weighted by molar-refractivity contribution is 7.22. The van der Waals surface area contributed by atoms with Crippen molar-refractivity contribution in [3.8, 4) is 11.5 Å². The molecule has 1 aliphatic heterocycles. The molecular weight excluding hydrogens is 465 g/mol. The third-order valence-electron chi connectivity index (χ3n) is 4.01. The van der Waals surface area contributed by atoms with Gasteiger partial charge in [0.15, 0.2) is 16.6 Å². The molecule has 28 heavy (non-hydrogen) atoms. The lowest BCUT2D eigenvalue weighted by Gasteiger charge is -2.21. The van der Waals surface area contributed by atoms with Crippen LogP contribution in [0.1, 0.15) is 10.4 Å². The molecule has 0 fully saturated rings. The molecule has 0 unspecified atom stereocenters. The molecule has 0 aliphatic carbocycles. The minimum Gasteiger partial charge on any atom is -0.454 e. The van der Waals surface area contributed by atoms with Crippen LogP contribution in [0.15, 0.2) is 18.2 Å². The number of amides is 1. The molecule has 0 atom stereocenters. The van der Waals surface area contributed by atoms with E-state index in [1.807, 2.05) is 31.1 Å². The van der Waals surface area contributed by atoms with E-state index >= 15 is 0 Å². The van der Waals surface area contributed by atoms with E-state index in [4.69, 9.17) is 32.7 Å². The van der Waals surface area contributed by atoms with E-state index in [1.165, 1.54) is 22.7 Å². The maximum atomic E-state index is 13.2. The highest BCUT2D eigenvalue weighted by Crippen LogP contribution is 2.40. The minimum absolute atomic E-state index is 0. The summed E-state index contributed by atoms with van der Waals surface area (Å²) < 4.78 is 12.6. The summed E-state index contributed by atoms with van der Waals surface area (Å²) in [6.45, 7) is 1.37. The van der Waals surface area contributed by atoms with Gasteiger partial charge in [-0.15, -0.1) is 23.7 Å². The van der Waals surface area contributed by atoms with Crippen molar-refractivity contribution in [3.05, 3.63) is 32.4 Å². The topological polar surface area (TPSA) is 54.9 Å². The number of carbonyl (C=O) groups excluding carboxylic acids is 1. The SMILES string of the molecule is CN(C)CCN(C(=O)c1cc(Cl)sc1Cl)c1nc2cc3c(cc2s1)OCO3.Cl. The first-order chi connectivity index (χ1) is 12.9. The van der Waals surface area contributed by atoms with Crippen LogP contribution in [0, 0.1) is 0 Å². The van der Waals surface area contributed by atoms with Crippen molar-refractivity contribution in [2.45, 2.75) is 0 Å². The Kier molecular flexibility index (Phi) is 6.58. The van der Waals surface area contributed by atoms with Crippen LogP contribution in [-0.4, -0.2) is 49.8 Å². The summed E-state index contributed by atoms with van der Waals surface area (Å²) in [5.74, 6) is 1.14. The molecule has 0 saturated carbocycles. The second kappa shape index (κ2) is 8.61. The van der Waals surface area contributed by atoms with Crippen molar-refractivity contribution in [1.29, 1.82) is 0 Å². The Hall–Kier alpha value is -1.29. The zero-order valence-corrected chi connectivity index (χ0v) is 18.9. The molecule has 6 nitrogen and oxygen atoms in total. The number of hydrogen-bond donors (Lipinski definition) is 0. The molecule has 2 aromatic heterocycles. The fourth-order valence-corrected chi connectivity index (χ4v) is 5.09. The van der Waals surface area contributed by atoms with E-state index in [1.54, 1.807) is 11.0 Å². The predicted molar refractivity (Wildman–Crippen MR) is 118 cm³/mol. The number of fused-ring (bicyclic) bond motifs is 2. The summed E-state index contributed by atoms with van der Waals surface area (Å²) in [6.07, 6.45) is 0. The summed E-state index contributed by atoms with van der Waals surface area (Å²) >= 11 is 14.8. The third kappa shape index (κ3) is 4.17. The van der Waals surface area contributed by atoms with Gasteiger partial charge in [0.2, 0.25) is 6.79 Å². The van der Waals surface area contributed by atoms with Crippen molar-refractivity contribution in [2.24, 2.45) is 0 Å². The van der Waals surface area contributed by atoms with Gasteiger partial charge in [-0.2, -0.15) is 0 Å². The third-order valence-corrected chi connectivity index (χ3v) is 6.53. The van der Waals surface area contributed by atoms with Crippen molar-refractivity contribution < 1.29 is 14.3 Å². The molecule has 0 radical (unpaired) electrons. The lowest BCUT2D eigenvalue weighted by atomic mass is 10.3. The van der Waals surface area contributed by atoms with Crippen molar-refractivity contribution in [3.63, 3.8) is 0 Å². The summed E-state index contributed by atoms with van der Waals surface area (Å²) in [6, 6.07) is 5.33. The van der Waals surface area contributed by atoms with Crippen LogP contribution in [0.3, 0.4) is 0 Å². The molecule has 0 saturated heterocycles. The zero-order chi connectivity index (χ0) is 19.1. The van der Waals surface area contributed by atoms with Crippen LogP contribution >= 0.6 is 58.3 Å². The number of halogens is 3. The van der Waals surface area contributed by atoms with Gasteiger partial charge in [-0.1, -0.05) is 34.5 Å². The van der Waals surface area contributed by atoms with Crippen LogP contribution < -0.4 is 14.4 Å². The number of ether oxygens (including phenoxy) is 2. The number of hydrogen-bond acceptors (Lipinski definition) is 7. The highest BCUT2D eigenvalue weighted by Gasteiger charge is 2.26. The molecule has 4 rings (SSSR count). The van der Waals surface area contributed by atoms with Crippen molar-refractivity contribution in [2.75, 3.05) is 38.9 Å². The first-order valence-electron chi connectivity index (χ1n) is 8.04. The summed E-state index contributed by atoms with van der Waals surface area (Å²) in [4.78, 5) is 21.5. The lowest BCUT2D eigenvalue weighted by molar-refractivity contribution is 0.0986. The van der Waals surface area contributed by atoms with E-state index in [0.29, 0.717) is 44.0 Å². The number of thiophene rings is 1. The van der Waals surface area contributed by atoms with E-state index in [2.05, 4.69) is 4.98 Å².